The van der Waals surface area contributed by atoms with Crippen LogP contribution in [-0.4, -0.2) is 31.3 Å². The molecule has 0 spiro atoms. The number of ether oxygens (including phenoxy) is 1. The third-order valence-electron chi connectivity index (χ3n) is 2.92. The molecule has 3 rings (SSSR count). The number of nitrogens with zero attached hydrogens (tertiary/aromatic N) is 4. The summed E-state index contributed by atoms with van der Waals surface area (Å²) in [6.45, 7) is 0.319. The van der Waals surface area contributed by atoms with Gasteiger partial charge in [-0.2, -0.15) is 0 Å². The third kappa shape index (κ3) is 2.00. The Morgan fingerprint density at radius 1 is 1.32 bits per heavy atom. The summed E-state index contributed by atoms with van der Waals surface area (Å²) >= 11 is 0. The van der Waals surface area contributed by atoms with Crippen molar-refractivity contribution in [2.24, 2.45) is 0 Å². The fourth-order valence-corrected chi connectivity index (χ4v) is 2.07. The van der Waals surface area contributed by atoms with E-state index in [1.807, 2.05) is 28.8 Å². The molecule has 1 aromatic carbocycles. The molecule has 1 N–H and O–H groups in total. The maximum atomic E-state index is 9.08. The number of benzene rings is 1. The number of methoxy groups -OCH3 is 1. The molecule has 0 radical (unpaired) electrons. The van der Waals surface area contributed by atoms with Crippen molar-refractivity contribution in [3.63, 3.8) is 0 Å². The molecule has 0 bridgehead atoms. The van der Waals surface area contributed by atoms with Crippen molar-refractivity contribution in [3.8, 4) is 5.95 Å². The van der Waals surface area contributed by atoms with Crippen LogP contribution in [0.3, 0.4) is 0 Å². The molecule has 0 saturated carbocycles. The fourth-order valence-electron chi connectivity index (χ4n) is 2.07. The van der Waals surface area contributed by atoms with E-state index >= 15 is 0 Å². The van der Waals surface area contributed by atoms with Crippen molar-refractivity contribution in [1.29, 1.82) is 0 Å². The van der Waals surface area contributed by atoms with Crippen LogP contribution in [0.4, 0.5) is 0 Å². The molecule has 0 unspecified atom stereocenters. The summed E-state index contributed by atoms with van der Waals surface area (Å²) in [5, 5.41) is 9.08. The summed E-state index contributed by atoms with van der Waals surface area (Å²) in [7, 11) is 1.64. The van der Waals surface area contributed by atoms with Gasteiger partial charge in [-0.15, -0.1) is 0 Å². The van der Waals surface area contributed by atoms with E-state index in [1.165, 1.54) is 0 Å². The van der Waals surface area contributed by atoms with Crippen molar-refractivity contribution in [3.05, 3.63) is 42.5 Å². The highest BCUT2D eigenvalue weighted by atomic mass is 16.5. The number of rotatable bonds is 4. The summed E-state index contributed by atoms with van der Waals surface area (Å²) in [4.78, 5) is 8.67. The van der Waals surface area contributed by atoms with Gasteiger partial charge in [-0.1, -0.05) is 12.1 Å². The number of aliphatic hydroxyl groups excluding tert-OH is 1. The van der Waals surface area contributed by atoms with Gasteiger partial charge in [0.2, 0.25) is 5.95 Å². The van der Waals surface area contributed by atoms with E-state index in [2.05, 4.69) is 9.97 Å². The molecule has 2 heterocycles. The third-order valence-corrected chi connectivity index (χ3v) is 2.92. The normalized spacial score (nSPS) is 11.3. The van der Waals surface area contributed by atoms with E-state index in [0.29, 0.717) is 12.4 Å². The lowest BCUT2D eigenvalue weighted by Crippen LogP contribution is -2.07. The molecule has 6 heteroatoms. The van der Waals surface area contributed by atoms with Crippen molar-refractivity contribution in [2.75, 3.05) is 7.11 Å². The van der Waals surface area contributed by atoms with Gasteiger partial charge in [0, 0.05) is 13.3 Å². The first-order valence-electron chi connectivity index (χ1n) is 5.92. The number of imidazole rings is 2. The Balaban J connectivity index is 2.18. The van der Waals surface area contributed by atoms with Crippen LogP contribution in [-0.2, 0) is 18.1 Å². The predicted octanol–water partition coefficient (Wildman–Crippen LogP) is 1.32. The van der Waals surface area contributed by atoms with Gasteiger partial charge in [0.25, 0.3) is 0 Å². The zero-order valence-electron chi connectivity index (χ0n) is 10.5. The zero-order chi connectivity index (χ0) is 13.2. The first-order chi connectivity index (χ1) is 9.33. The fraction of sp³-hybridized carbons (Fsp3) is 0.231. The second kappa shape index (κ2) is 4.83. The standard InChI is InChI=1S/C13H14N4O2/c1-19-9-17-12-5-3-2-4-11(12)15-13(17)16-6-10(7-18)14-8-16/h2-6,8,18H,7,9H2,1H3. The average Bonchev–Trinajstić information content (AvgIpc) is 3.04. The Labute approximate surface area is 109 Å². The van der Waals surface area contributed by atoms with Crippen LogP contribution in [0.1, 0.15) is 5.69 Å². The first kappa shape index (κ1) is 11.9. The van der Waals surface area contributed by atoms with Gasteiger partial charge in [0.1, 0.15) is 13.1 Å². The highest BCUT2D eigenvalue weighted by Crippen LogP contribution is 2.19. The average molecular weight is 258 g/mol. The highest BCUT2D eigenvalue weighted by Gasteiger charge is 2.12. The Kier molecular flexibility index (Phi) is 3.02. The number of aliphatic hydroxyl groups is 1. The maximum Gasteiger partial charge on any atom is 0.218 e. The summed E-state index contributed by atoms with van der Waals surface area (Å²) < 4.78 is 8.97. The van der Waals surface area contributed by atoms with Crippen molar-refractivity contribution in [2.45, 2.75) is 13.3 Å². The zero-order valence-corrected chi connectivity index (χ0v) is 10.5. The van der Waals surface area contributed by atoms with Crippen LogP contribution in [0.15, 0.2) is 36.8 Å². The minimum Gasteiger partial charge on any atom is -0.390 e. The molecule has 0 fully saturated rings. The molecule has 0 amide bonds. The second-order valence-electron chi connectivity index (χ2n) is 4.18. The molecular formula is C13H14N4O2. The lowest BCUT2D eigenvalue weighted by atomic mass is 10.3. The maximum absolute atomic E-state index is 9.08. The van der Waals surface area contributed by atoms with E-state index < -0.39 is 0 Å². The van der Waals surface area contributed by atoms with Gasteiger partial charge < -0.3 is 9.84 Å². The quantitative estimate of drug-likeness (QED) is 0.766. The van der Waals surface area contributed by atoms with Gasteiger partial charge in [0.15, 0.2) is 0 Å². The van der Waals surface area contributed by atoms with Gasteiger partial charge in [-0.05, 0) is 12.1 Å². The summed E-state index contributed by atoms with van der Waals surface area (Å²) in [5.74, 6) is 0.718. The van der Waals surface area contributed by atoms with E-state index in [4.69, 9.17) is 9.84 Å². The van der Waals surface area contributed by atoms with Gasteiger partial charge in [-0.3, -0.25) is 9.13 Å². The van der Waals surface area contributed by atoms with Gasteiger partial charge >= 0.3 is 0 Å². The van der Waals surface area contributed by atoms with E-state index in [9.17, 15) is 0 Å². The van der Waals surface area contributed by atoms with Crippen LogP contribution in [0, 0.1) is 0 Å². The van der Waals surface area contributed by atoms with Gasteiger partial charge in [-0.25, -0.2) is 9.97 Å². The Morgan fingerprint density at radius 3 is 2.89 bits per heavy atom. The number of fused-ring (bicyclic) bond motifs is 1. The minimum absolute atomic E-state index is 0.0858. The topological polar surface area (TPSA) is 65.1 Å². The molecule has 19 heavy (non-hydrogen) atoms. The largest absolute Gasteiger partial charge is 0.390 e. The number of para-hydroxylation sites is 2. The van der Waals surface area contributed by atoms with E-state index in [1.54, 1.807) is 24.2 Å². The van der Waals surface area contributed by atoms with Crippen LogP contribution in [0.5, 0.6) is 0 Å². The summed E-state index contributed by atoms with van der Waals surface area (Å²) in [6.07, 6.45) is 3.40. The molecular weight excluding hydrogens is 244 g/mol. The van der Waals surface area contributed by atoms with Crippen LogP contribution in [0.25, 0.3) is 17.0 Å². The number of hydrogen-bond acceptors (Lipinski definition) is 4. The van der Waals surface area contributed by atoms with Crippen LogP contribution in [0.2, 0.25) is 0 Å². The number of aromatic nitrogens is 4. The molecule has 98 valence electrons. The lowest BCUT2D eigenvalue weighted by molar-refractivity contribution is 0.134. The summed E-state index contributed by atoms with van der Waals surface area (Å²) in [6, 6.07) is 7.86. The second-order valence-corrected chi connectivity index (χ2v) is 4.18. The molecule has 2 aromatic heterocycles. The molecule has 0 aliphatic carbocycles. The Bertz CT molecular complexity index is 702. The van der Waals surface area contributed by atoms with Crippen molar-refractivity contribution >= 4 is 11.0 Å². The van der Waals surface area contributed by atoms with Crippen molar-refractivity contribution in [1.82, 2.24) is 19.1 Å². The van der Waals surface area contributed by atoms with Crippen LogP contribution >= 0.6 is 0 Å². The van der Waals surface area contributed by atoms with Crippen LogP contribution < -0.4 is 0 Å². The summed E-state index contributed by atoms with van der Waals surface area (Å²) in [5.41, 5.74) is 2.50. The predicted molar refractivity (Wildman–Crippen MR) is 69.8 cm³/mol. The van der Waals surface area contributed by atoms with Crippen molar-refractivity contribution < 1.29 is 9.84 Å². The Morgan fingerprint density at radius 2 is 2.16 bits per heavy atom. The van der Waals surface area contributed by atoms with E-state index in [-0.39, 0.29) is 6.61 Å². The SMILES string of the molecule is COCn1c(-n2cnc(CO)c2)nc2ccccc21. The lowest BCUT2D eigenvalue weighted by Gasteiger charge is -2.07. The smallest absolute Gasteiger partial charge is 0.218 e. The molecule has 0 saturated heterocycles. The highest BCUT2D eigenvalue weighted by molar-refractivity contribution is 5.77. The monoisotopic (exact) mass is 258 g/mol. The molecule has 0 atom stereocenters. The molecule has 0 aliphatic rings. The Hall–Kier alpha value is -2.18. The molecule has 3 aromatic rings. The van der Waals surface area contributed by atoms with E-state index in [0.717, 1.165) is 17.0 Å². The molecule has 0 aliphatic heterocycles. The first-order valence-corrected chi connectivity index (χ1v) is 5.92. The molecule has 6 nitrogen and oxygen atoms in total. The number of hydrogen-bond donors (Lipinski definition) is 1. The van der Waals surface area contributed by atoms with Gasteiger partial charge in [0.05, 0.1) is 23.3 Å². The minimum atomic E-state index is -0.0858.